The average Bonchev–Trinajstić information content (AvgIpc) is 2.80. The Labute approximate surface area is 185 Å². The SMILES string of the molecule is COCCNc1nc(N2CCN(C)CC2)c(C#N)c2c1CN(Cc1ccccc1)CC2. The molecular formula is C24H32N6O. The summed E-state index contributed by atoms with van der Waals surface area (Å²) >= 11 is 0. The molecule has 1 N–H and O–H groups in total. The first-order valence-corrected chi connectivity index (χ1v) is 11.1. The lowest BCUT2D eigenvalue weighted by atomic mass is 9.94. The molecule has 0 saturated carbocycles. The molecule has 0 unspecified atom stereocenters. The van der Waals surface area contributed by atoms with Crippen molar-refractivity contribution in [3.8, 4) is 6.07 Å². The Balaban J connectivity index is 1.65. The van der Waals surface area contributed by atoms with E-state index in [9.17, 15) is 5.26 Å². The highest BCUT2D eigenvalue weighted by Crippen LogP contribution is 2.34. The van der Waals surface area contributed by atoms with Crippen LogP contribution in [0.25, 0.3) is 0 Å². The van der Waals surface area contributed by atoms with Gasteiger partial charge in [0.15, 0.2) is 0 Å². The summed E-state index contributed by atoms with van der Waals surface area (Å²) in [6, 6.07) is 13.1. The number of hydrogen-bond acceptors (Lipinski definition) is 7. The lowest BCUT2D eigenvalue weighted by Crippen LogP contribution is -2.45. The first-order valence-electron chi connectivity index (χ1n) is 11.1. The minimum Gasteiger partial charge on any atom is -0.383 e. The van der Waals surface area contributed by atoms with E-state index in [4.69, 9.17) is 9.72 Å². The fraction of sp³-hybridized carbons (Fsp3) is 0.500. The molecule has 0 radical (unpaired) electrons. The van der Waals surface area contributed by atoms with Gasteiger partial charge in [-0.2, -0.15) is 5.26 Å². The van der Waals surface area contributed by atoms with E-state index in [1.54, 1.807) is 7.11 Å². The van der Waals surface area contributed by atoms with Gasteiger partial charge in [0.1, 0.15) is 17.7 Å². The normalized spacial score (nSPS) is 17.3. The first-order chi connectivity index (χ1) is 15.2. The van der Waals surface area contributed by atoms with Crippen molar-refractivity contribution in [3.63, 3.8) is 0 Å². The van der Waals surface area contributed by atoms with E-state index in [-0.39, 0.29) is 0 Å². The topological polar surface area (TPSA) is 67.7 Å². The zero-order chi connectivity index (χ0) is 21.6. The van der Waals surface area contributed by atoms with Crippen molar-refractivity contribution in [1.29, 1.82) is 5.26 Å². The molecule has 4 rings (SSSR count). The third-order valence-electron chi connectivity index (χ3n) is 6.22. The van der Waals surface area contributed by atoms with Gasteiger partial charge in [-0.1, -0.05) is 30.3 Å². The number of aromatic nitrogens is 1. The maximum absolute atomic E-state index is 10.1. The van der Waals surface area contributed by atoms with Crippen molar-refractivity contribution >= 4 is 11.6 Å². The molecule has 0 bridgehead atoms. The number of anilines is 2. The van der Waals surface area contributed by atoms with E-state index in [1.165, 1.54) is 5.56 Å². The summed E-state index contributed by atoms with van der Waals surface area (Å²) < 4.78 is 5.24. The van der Waals surface area contributed by atoms with Crippen LogP contribution in [0, 0.1) is 11.3 Å². The van der Waals surface area contributed by atoms with Gasteiger partial charge in [-0.3, -0.25) is 4.90 Å². The summed E-state index contributed by atoms with van der Waals surface area (Å²) in [5.74, 6) is 1.74. The number of nitrogens with one attached hydrogen (secondary N) is 1. The zero-order valence-electron chi connectivity index (χ0n) is 18.6. The number of likely N-dealkylation sites (N-methyl/N-ethyl adjacent to an activating group) is 1. The average molecular weight is 421 g/mol. The van der Waals surface area contributed by atoms with E-state index in [1.807, 2.05) is 0 Å². The maximum atomic E-state index is 10.1. The number of nitrogens with zero attached hydrogens (tertiary/aromatic N) is 5. The molecule has 2 aliphatic rings. The molecule has 1 aromatic carbocycles. The molecule has 3 heterocycles. The van der Waals surface area contributed by atoms with Crippen molar-refractivity contribution in [2.45, 2.75) is 19.5 Å². The standard InChI is InChI=1S/C24H32N6O/c1-28-11-13-30(14-12-28)24-21(16-25)20-8-10-29(17-19-6-4-3-5-7-19)18-22(20)23(27-24)26-9-15-31-2/h3-7H,8-15,17-18H2,1-2H3,(H,26,27). The van der Waals surface area contributed by atoms with Crippen LogP contribution in [0.4, 0.5) is 11.6 Å². The second-order valence-corrected chi connectivity index (χ2v) is 8.38. The minimum absolute atomic E-state index is 0.619. The van der Waals surface area contributed by atoms with Gasteiger partial charge in [0.2, 0.25) is 0 Å². The van der Waals surface area contributed by atoms with Crippen LogP contribution in [0.5, 0.6) is 0 Å². The van der Waals surface area contributed by atoms with Crippen molar-refractivity contribution in [2.75, 3.05) is 70.2 Å². The van der Waals surface area contributed by atoms with Crippen LogP contribution in [0.15, 0.2) is 30.3 Å². The molecular weight excluding hydrogens is 388 g/mol. The second kappa shape index (κ2) is 10.1. The lowest BCUT2D eigenvalue weighted by molar-refractivity contribution is 0.210. The first kappa shape index (κ1) is 21.6. The van der Waals surface area contributed by atoms with Gasteiger partial charge in [0.25, 0.3) is 0 Å². The number of fused-ring (bicyclic) bond motifs is 1. The molecule has 0 atom stereocenters. The van der Waals surface area contributed by atoms with Crippen LogP contribution in [-0.4, -0.2) is 74.8 Å². The Morgan fingerprint density at radius 1 is 1.10 bits per heavy atom. The second-order valence-electron chi connectivity index (χ2n) is 8.38. The molecule has 0 amide bonds. The molecule has 7 nitrogen and oxygen atoms in total. The van der Waals surface area contributed by atoms with Crippen molar-refractivity contribution in [3.05, 3.63) is 52.6 Å². The third kappa shape index (κ3) is 4.99. The lowest BCUT2D eigenvalue weighted by Gasteiger charge is -2.36. The summed E-state index contributed by atoms with van der Waals surface area (Å²) in [4.78, 5) is 12.0. The molecule has 2 aromatic rings. The largest absolute Gasteiger partial charge is 0.383 e. The van der Waals surface area contributed by atoms with E-state index in [0.29, 0.717) is 13.2 Å². The molecule has 7 heteroatoms. The maximum Gasteiger partial charge on any atom is 0.149 e. The quantitative estimate of drug-likeness (QED) is 0.690. The van der Waals surface area contributed by atoms with E-state index in [0.717, 1.165) is 80.6 Å². The van der Waals surface area contributed by atoms with Gasteiger partial charge >= 0.3 is 0 Å². The summed E-state index contributed by atoms with van der Waals surface area (Å²) in [6.45, 7) is 7.73. The van der Waals surface area contributed by atoms with Crippen LogP contribution < -0.4 is 10.2 Å². The van der Waals surface area contributed by atoms with Gasteiger partial charge < -0.3 is 19.9 Å². The number of methoxy groups -OCH3 is 1. The predicted octanol–water partition coefficient (Wildman–Crippen LogP) is 2.32. The van der Waals surface area contributed by atoms with Crippen molar-refractivity contribution < 1.29 is 4.74 Å². The predicted molar refractivity (Wildman–Crippen MR) is 123 cm³/mol. The summed E-state index contributed by atoms with van der Waals surface area (Å²) in [5.41, 5.74) is 4.39. The van der Waals surface area contributed by atoms with Gasteiger partial charge in [-0.15, -0.1) is 0 Å². The zero-order valence-corrected chi connectivity index (χ0v) is 18.6. The number of rotatable bonds is 7. The van der Waals surface area contributed by atoms with Gasteiger partial charge in [0, 0.05) is 65.0 Å². The third-order valence-corrected chi connectivity index (χ3v) is 6.22. The van der Waals surface area contributed by atoms with Gasteiger partial charge in [-0.05, 0) is 24.6 Å². The molecule has 1 saturated heterocycles. The smallest absolute Gasteiger partial charge is 0.149 e. The highest BCUT2D eigenvalue weighted by Gasteiger charge is 2.28. The Morgan fingerprint density at radius 2 is 1.87 bits per heavy atom. The number of nitriles is 1. The molecule has 31 heavy (non-hydrogen) atoms. The van der Waals surface area contributed by atoms with Gasteiger partial charge in [-0.25, -0.2) is 4.98 Å². The van der Waals surface area contributed by atoms with Crippen LogP contribution in [0.1, 0.15) is 22.3 Å². The molecule has 0 spiro atoms. The Kier molecular flexibility index (Phi) is 7.03. The fourth-order valence-corrected chi connectivity index (χ4v) is 4.44. The molecule has 0 aliphatic carbocycles. The minimum atomic E-state index is 0.619. The number of piperazine rings is 1. The van der Waals surface area contributed by atoms with Crippen LogP contribution in [0.3, 0.4) is 0 Å². The number of ether oxygens (including phenoxy) is 1. The number of benzene rings is 1. The number of pyridine rings is 1. The molecule has 164 valence electrons. The van der Waals surface area contributed by atoms with Crippen LogP contribution in [0.2, 0.25) is 0 Å². The highest BCUT2D eigenvalue weighted by molar-refractivity contribution is 5.67. The summed E-state index contributed by atoms with van der Waals surface area (Å²) in [6.07, 6.45) is 0.868. The van der Waals surface area contributed by atoms with Crippen LogP contribution in [-0.2, 0) is 24.2 Å². The highest BCUT2D eigenvalue weighted by atomic mass is 16.5. The van der Waals surface area contributed by atoms with Crippen molar-refractivity contribution in [2.24, 2.45) is 0 Å². The Hall–Kier alpha value is -2.66. The fourth-order valence-electron chi connectivity index (χ4n) is 4.44. The number of hydrogen-bond donors (Lipinski definition) is 1. The van der Waals surface area contributed by atoms with E-state index < -0.39 is 0 Å². The molecule has 1 aromatic heterocycles. The monoisotopic (exact) mass is 420 g/mol. The van der Waals surface area contributed by atoms with E-state index in [2.05, 4.69) is 63.5 Å². The van der Waals surface area contributed by atoms with E-state index >= 15 is 0 Å². The molecule has 1 fully saturated rings. The summed E-state index contributed by atoms with van der Waals surface area (Å²) in [7, 11) is 3.85. The molecule has 2 aliphatic heterocycles. The Bertz CT molecular complexity index is 918. The summed E-state index contributed by atoms with van der Waals surface area (Å²) in [5, 5.41) is 13.6. The van der Waals surface area contributed by atoms with Crippen molar-refractivity contribution in [1.82, 2.24) is 14.8 Å². The van der Waals surface area contributed by atoms with Crippen LogP contribution >= 0.6 is 0 Å². The Morgan fingerprint density at radius 3 is 2.58 bits per heavy atom. The van der Waals surface area contributed by atoms with Gasteiger partial charge in [0.05, 0.1) is 12.2 Å².